The number of carbonyl (C=O) groups excluding carboxylic acids is 1. The summed E-state index contributed by atoms with van der Waals surface area (Å²) < 4.78 is 0.872. The van der Waals surface area contributed by atoms with E-state index in [1.165, 1.54) is 5.69 Å². The average molecular weight is 284 g/mol. The van der Waals surface area contributed by atoms with Crippen LogP contribution in [-0.2, 0) is 0 Å². The van der Waals surface area contributed by atoms with Gasteiger partial charge in [-0.15, -0.1) is 0 Å². The molecule has 88 valence electrons. The number of benzene rings is 1. The fourth-order valence-electron chi connectivity index (χ4n) is 1.72. The Morgan fingerprint density at radius 2 is 1.88 bits per heavy atom. The van der Waals surface area contributed by atoms with Crippen LogP contribution in [0.15, 0.2) is 22.7 Å². The predicted molar refractivity (Wildman–Crippen MR) is 72.3 cm³/mol. The molecule has 16 heavy (non-hydrogen) atoms. The Hall–Kier alpha value is -0.830. The van der Waals surface area contributed by atoms with Crippen LogP contribution in [0, 0.1) is 0 Å². The van der Waals surface area contributed by atoms with Gasteiger partial charge in [0, 0.05) is 28.8 Å². The predicted octanol–water partition coefficient (Wildman–Crippen LogP) is 3.89. The summed E-state index contributed by atoms with van der Waals surface area (Å²) in [7, 11) is 0. The third-order valence-corrected chi connectivity index (χ3v) is 3.15. The zero-order valence-electron chi connectivity index (χ0n) is 9.87. The molecule has 0 saturated carbocycles. The first-order chi connectivity index (χ1) is 7.72. The molecule has 1 aromatic rings. The topological polar surface area (TPSA) is 20.3 Å². The van der Waals surface area contributed by atoms with Gasteiger partial charge in [0.25, 0.3) is 0 Å². The van der Waals surface area contributed by atoms with E-state index in [0.29, 0.717) is 5.56 Å². The summed E-state index contributed by atoms with van der Waals surface area (Å²) in [4.78, 5) is 13.1. The molecule has 1 aromatic carbocycles. The Morgan fingerprint density at radius 3 is 2.31 bits per heavy atom. The highest BCUT2D eigenvalue weighted by Crippen LogP contribution is 2.23. The van der Waals surface area contributed by atoms with Crippen LogP contribution in [0.5, 0.6) is 0 Å². The fraction of sp³-hybridized carbons (Fsp3) is 0.462. The van der Waals surface area contributed by atoms with Crippen LogP contribution in [0.25, 0.3) is 0 Å². The lowest BCUT2D eigenvalue weighted by atomic mass is 10.2. The van der Waals surface area contributed by atoms with E-state index in [4.69, 9.17) is 0 Å². The number of carbonyl (C=O) groups is 1. The van der Waals surface area contributed by atoms with Crippen molar-refractivity contribution in [2.24, 2.45) is 0 Å². The van der Waals surface area contributed by atoms with E-state index in [0.717, 1.165) is 36.7 Å². The summed E-state index contributed by atoms with van der Waals surface area (Å²) >= 11 is 3.42. The van der Waals surface area contributed by atoms with Crippen molar-refractivity contribution >= 4 is 27.9 Å². The maximum Gasteiger partial charge on any atom is 0.151 e. The van der Waals surface area contributed by atoms with E-state index in [1.807, 2.05) is 18.2 Å². The second kappa shape index (κ2) is 6.69. The number of nitrogens with zero attached hydrogens (tertiary/aromatic N) is 1. The van der Waals surface area contributed by atoms with Crippen molar-refractivity contribution in [2.45, 2.75) is 26.7 Å². The maximum absolute atomic E-state index is 10.7. The van der Waals surface area contributed by atoms with E-state index < -0.39 is 0 Å². The van der Waals surface area contributed by atoms with Crippen LogP contribution in [0.2, 0.25) is 0 Å². The first-order valence-electron chi connectivity index (χ1n) is 5.72. The van der Waals surface area contributed by atoms with Crippen molar-refractivity contribution in [2.75, 3.05) is 18.0 Å². The van der Waals surface area contributed by atoms with Gasteiger partial charge in [-0.25, -0.2) is 0 Å². The van der Waals surface area contributed by atoms with Crippen LogP contribution in [0.1, 0.15) is 37.0 Å². The van der Waals surface area contributed by atoms with E-state index in [2.05, 4.69) is 34.7 Å². The summed E-state index contributed by atoms with van der Waals surface area (Å²) in [6.45, 7) is 6.47. The van der Waals surface area contributed by atoms with E-state index in [1.54, 1.807) is 0 Å². The standard InChI is InChI=1S/C13H18BrNO/c1-3-7-15(8-4-2)12-6-5-11(10-16)13(14)9-12/h5-6,9-10H,3-4,7-8H2,1-2H3. The summed E-state index contributed by atoms with van der Waals surface area (Å²) in [5, 5.41) is 0. The molecule has 0 bridgehead atoms. The fourth-order valence-corrected chi connectivity index (χ4v) is 2.18. The molecular weight excluding hydrogens is 266 g/mol. The Morgan fingerprint density at radius 1 is 1.25 bits per heavy atom. The highest BCUT2D eigenvalue weighted by Gasteiger charge is 2.06. The third-order valence-electron chi connectivity index (χ3n) is 2.46. The second-order valence-electron chi connectivity index (χ2n) is 3.81. The van der Waals surface area contributed by atoms with Crippen molar-refractivity contribution < 1.29 is 4.79 Å². The normalized spacial score (nSPS) is 10.2. The largest absolute Gasteiger partial charge is 0.372 e. The highest BCUT2D eigenvalue weighted by molar-refractivity contribution is 9.10. The van der Waals surface area contributed by atoms with Gasteiger partial charge in [-0.05, 0) is 47.0 Å². The van der Waals surface area contributed by atoms with Gasteiger partial charge in [-0.2, -0.15) is 0 Å². The zero-order valence-corrected chi connectivity index (χ0v) is 11.5. The van der Waals surface area contributed by atoms with Crippen molar-refractivity contribution in [1.82, 2.24) is 0 Å². The Labute approximate surface area is 106 Å². The molecule has 3 heteroatoms. The van der Waals surface area contributed by atoms with Crippen LogP contribution in [0.4, 0.5) is 5.69 Å². The van der Waals surface area contributed by atoms with E-state index in [-0.39, 0.29) is 0 Å². The van der Waals surface area contributed by atoms with E-state index >= 15 is 0 Å². The molecule has 0 atom stereocenters. The summed E-state index contributed by atoms with van der Waals surface area (Å²) in [6, 6.07) is 5.90. The van der Waals surface area contributed by atoms with E-state index in [9.17, 15) is 4.79 Å². The number of rotatable bonds is 6. The molecule has 0 N–H and O–H groups in total. The van der Waals surface area contributed by atoms with Gasteiger partial charge in [0.05, 0.1) is 0 Å². The Kier molecular flexibility index (Phi) is 5.53. The quantitative estimate of drug-likeness (QED) is 0.739. The summed E-state index contributed by atoms with van der Waals surface area (Å²) in [5.74, 6) is 0. The molecule has 0 saturated heterocycles. The molecule has 2 nitrogen and oxygen atoms in total. The van der Waals surface area contributed by atoms with Crippen LogP contribution in [-0.4, -0.2) is 19.4 Å². The molecular formula is C13H18BrNO. The molecule has 1 rings (SSSR count). The summed E-state index contributed by atoms with van der Waals surface area (Å²) in [5.41, 5.74) is 1.89. The molecule has 0 heterocycles. The van der Waals surface area contributed by atoms with Gasteiger partial charge in [-0.3, -0.25) is 4.79 Å². The second-order valence-corrected chi connectivity index (χ2v) is 4.67. The molecule has 0 aliphatic heterocycles. The Bertz CT molecular complexity index is 346. The minimum atomic E-state index is 0.705. The van der Waals surface area contributed by atoms with Crippen LogP contribution in [0.3, 0.4) is 0 Å². The number of aldehydes is 1. The maximum atomic E-state index is 10.7. The van der Waals surface area contributed by atoms with Crippen LogP contribution >= 0.6 is 15.9 Å². The monoisotopic (exact) mass is 283 g/mol. The van der Waals surface area contributed by atoms with Gasteiger partial charge in [0.1, 0.15) is 0 Å². The van der Waals surface area contributed by atoms with Gasteiger partial charge in [0.2, 0.25) is 0 Å². The van der Waals surface area contributed by atoms with Gasteiger partial charge in [0.15, 0.2) is 6.29 Å². The molecule has 0 aliphatic rings. The lowest BCUT2D eigenvalue weighted by molar-refractivity contribution is 0.112. The molecule has 0 unspecified atom stereocenters. The van der Waals surface area contributed by atoms with Crippen molar-refractivity contribution in [3.63, 3.8) is 0 Å². The molecule has 0 radical (unpaired) electrons. The first-order valence-corrected chi connectivity index (χ1v) is 6.51. The van der Waals surface area contributed by atoms with Crippen molar-refractivity contribution in [1.29, 1.82) is 0 Å². The molecule has 0 amide bonds. The SMILES string of the molecule is CCCN(CCC)c1ccc(C=O)c(Br)c1. The molecule has 0 spiro atoms. The van der Waals surface area contributed by atoms with Crippen molar-refractivity contribution in [3.8, 4) is 0 Å². The summed E-state index contributed by atoms with van der Waals surface area (Å²) in [6.07, 6.45) is 3.14. The minimum Gasteiger partial charge on any atom is -0.372 e. The van der Waals surface area contributed by atoms with Gasteiger partial charge < -0.3 is 4.90 Å². The third kappa shape index (κ3) is 3.34. The number of hydrogen-bond donors (Lipinski definition) is 0. The number of anilines is 1. The van der Waals surface area contributed by atoms with Gasteiger partial charge in [-0.1, -0.05) is 13.8 Å². The highest BCUT2D eigenvalue weighted by atomic mass is 79.9. The number of halogens is 1. The lowest BCUT2D eigenvalue weighted by Crippen LogP contribution is -2.24. The molecule has 0 aliphatic carbocycles. The molecule has 0 fully saturated rings. The smallest absolute Gasteiger partial charge is 0.151 e. The molecule has 0 aromatic heterocycles. The minimum absolute atomic E-state index is 0.705. The van der Waals surface area contributed by atoms with Gasteiger partial charge >= 0.3 is 0 Å². The first kappa shape index (κ1) is 13.2. The van der Waals surface area contributed by atoms with Crippen molar-refractivity contribution in [3.05, 3.63) is 28.2 Å². The number of hydrogen-bond acceptors (Lipinski definition) is 2. The Balaban J connectivity index is 2.91. The zero-order chi connectivity index (χ0) is 12.0. The lowest BCUT2D eigenvalue weighted by Gasteiger charge is -2.24. The van der Waals surface area contributed by atoms with Crippen LogP contribution < -0.4 is 4.90 Å². The average Bonchev–Trinajstić information content (AvgIpc) is 2.28.